The first-order valence-electron chi connectivity index (χ1n) is 11.6. The van der Waals surface area contributed by atoms with E-state index in [1.54, 1.807) is 0 Å². The third-order valence-electron chi connectivity index (χ3n) is 6.08. The first-order chi connectivity index (χ1) is 16.2. The molecule has 0 aliphatic heterocycles. The van der Waals surface area contributed by atoms with Crippen LogP contribution < -0.4 is 4.90 Å². The molecule has 180 valence electrons. The minimum atomic E-state index is -4.52. The molecule has 0 fully saturated rings. The maximum Gasteiger partial charge on any atom is 0.295 e. The number of phenolic OH excluding ortho intramolecular Hbond substituents is 1. The molecule has 1 aliphatic carbocycles. The minimum absolute atomic E-state index is 0.0839. The van der Waals surface area contributed by atoms with Crippen LogP contribution in [0, 0.1) is 0 Å². The highest BCUT2D eigenvalue weighted by Gasteiger charge is 2.23. The molecule has 0 radical (unpaired) electrons. The van der Waals surface area contributed by atoms with Gasteiger partial charge in [-0.25, -0.2) is 4.58 Å². The first kappa shape index (κ1) is 25.5. The number of allylic oxidation sites excluding steroid dienone is 5. The van der Waals surface area contributed by atoms with Crippen molar-refractivity contribution in [2.24, 2.45) is 0 Å². The fraction of sp³-hybridized carbons (Fsp3) is 0.296. The van der Waals surface area contributed by atoms with Crippen molar-refractivity contribution >= 4 is 27.1 Å². The van der Waals surface area contributed by atoms with Crippen molar-refractivity contribution in [1.29, 1.82) is 0 Å². The minimum Gasteiger partial charge on any atom is -0.508 e. The fourth-order valence-electron chi connectivity index (χ4n) is 4.27. The molecule has 2 aromatic rings. The predicted molar refractivity (Wildman–Crippen MR) is 139 cm³/mol. The summed E-state index contributed by atoms with van der Waals surface area (Å²) in [5.74, 6) is -0.0839. The summed E-state index contributed by atoms with van der Waals surface area (Å²) in [6.45, 7) is 11.9. The summed E-state index contributed by atoms with van der Waals surface area (Å²) in [7, 11) is -4.52. The van der Waals surface area contributed by atoms with Gasteiger partial charge < -0.3 is 10.0 Å². The zero-order valence-electron chi connectivity index (χ0n) is 20.2. The van der Waals surface area contributed by atoms with E-state index < -0.39 is 10.1 Å². The zero-order valence-corrected chi connectivity index (χ0v) is 21.0. The maximum absolute atomic E-state index is 12.2. The van der Waals surface area contributed by atoms with Crippen LogP contribution in [-0.2, 0) is 10.1 Å². The molecule has 0 bridgehead atoms. The Kier molecular flexibility index (Phi) is 8.12. The van der Waals surface area contributed by atoms with E-state index in [9.17, 15) is 18.1 Å². The van der Waals surface area contributed by atoms with Crippen molar-refractivity contribution in [1.82, 2.24) is 0 Å². The van der Waals surface area contributed by atoms with E-state index in [0.29, 0.717) is 5.57 Å². The van der Waals surface area contributed by atoms with E-state index in [1.807, 2.05) is 48.6 Å². The predicted octanol–water partition coefficient (Wildman–Crippen LogP) is 4.91. The number of benzene rings is 2. The van der Waals surface area contributed by atoms with Crippen molar-refractivity contribution in [3.8, 4) is 5.75 Å². The topological polar surface area (TPSA) is 80.8 Å². The Hall–Kier alpha value is -3.16. The summed E-state index contributed by atoms with van der Waals surface area (Å²) in [6.07, 6.45) is 7.89. The molecule has 2 N–H and O–H groups in total. The molecule has 2 aromatic carbocycles. The molecule has 1 aliphatic rings. The molecule has 6 nitrogen and oxygen atoms in total. The van der Waals surface area contributed by atoms with E-state index in [1.165, 1.54) is 18.2 Å². The molecule has 0 saturated carbocycles. The number of aromatic hydroxyl groups is 1. The highest BCUT2D eigenvalue weighted by Crippen LogP contribution is 2.36. The molecule has 0 saturated heterocycles. The van der Waals surface area contributed by atoms with Crippen LogP contribution in [-0.4, -0.2) is 54.5 Å². The fourth-order valence-corrected chi connectivity index (χ4v) is 4.95. The second kappa shape index (κ2) is 10.8. The Morgan fingerprint density at radius 1 is 0.882 bits per heavy atom. The van der Waals surface area contributed by atoms with Gasteiger partial charge in [-0.3, -0.25) is 4.55 Å². The molecule has 3 rings (SSSR count). The third-order valence-corrected chi connectivity index (χ3v) is 6.99. The van der Waals surface area contributed by atoms with Crippen molar-refractivity contribution in [2.75, 3.05) is 31.1 Å². The Morgan fingerprint density at radius 2 is 1.47 bits per heavy atom. The number of anilines is 1. The molecule has 0 spiro atoms. The van der Waals surface area contributed by atoms with Crippen LogP contribution in [0.3, 0.4) is 0 Å². The lowest BCUT2D eigenvalue weighted by atomic mass is 9.90. The van der Waals surface area contributed by atoms with Gasteiger partial charge in [-0.05, 0) is 86.9 Å². The summed E-state index contributed by atoms with van der Waals surface area (Å²) in [4.78, 5) is 1.97. The average Bonchev–Trinajstić information content (AvgIpc) is 2.82. The lowest BCUT2D eigenvalue weighted by Crippen LogP contribution is -2.21. The van der Waals surface area contributed by atoms with Crippen LogP contribution in [0.25, 0.3) is 5.57 Å². The summed E-state index contributed by atoms with van der Waals surface area (Å²) in [6, 6.07) is 11.8. The van der Waals surface area contributed by atoms with Gasteiger partial charge in [0, 0.05) is 36.5 Å². The monoisotopic (exact) mass is 481 g/mol. The van der Waals surface area contributed by atoms with Gasteiger partial charge in [0.2, 0.25) is 0 Å². The molecule has 0 unspecified atom stereocenters. The van der Waals surface area contributed by atoms with Crippen LogP contribution >= 0.6 is 0 Å². The lowest BCUT2D eigenvalue weighted by Gasteiger charge is -2.22. The van der Waals surface area contributed by atoms with Crippen LogP contribution in [0.5, 0.6) is 5.75 Å². The molecule has 7 heteroatoms. The van der Waals surface area contributed by atoms with E-state index in [0.717, 1.165) is 48.7 Å². The standard InChI is InChI=1S/C27H32N2O4S/c1-5-28(6-2)22-13-9-20(10-14-22)27(21-11-15-23(16-12-21)29(7-3)8-4)25-19-24(30)17-18-26(25)34(31,32)33/h9-19H,5-8H2,1-4H3,(H-,30,31,32,33)/p+1. The second-order valence-electron chi connectivity index (χ2n) is 7.97. The van der Waals surface area contributed by atoms with Crippen molar-refractivity contribution in [3.05, 3.63) is 83.5 Å². The SMILES string of the molecule is CCN(CC)c1ccc(C(=C2C=CC(=[N+](CC)CC)C=C2)c2cc(O)ccc2S(=O)(=O)O)cc1. The van der Waals surface area contributed by atoms with Crippen LogP contribution in [0.1, 0.15) is 38.8 Å². The molecular weight excluding hydrogens is 448 g/mol. The summed E-state index contributed by atoms with van der Waals surface area (Å²) < 4.78 is 36.6. The van der Waals surface area contributed by atoms with Crippen LogP contribution in [0.2, 0.25) is 0 Å². The van der Waals surface area contributed by atoms with Gasteiger partial charge in [-0.15, -0.1) is 0 Å². The van der Waals surface area contributed by atoms with Crippen molar-refractivity contribution in [2.45, 2.75) is 32.6 Å². The first-order valence-corrected chi connectivity index (χ1v) is 13.1. The van der Waals surface area contributed by atoms with E-state index >= 15 is 0 Å². The van der Waals surface area contributed by atoms with Crippen LogP contribution in [0.4, 0.5) is 5.69 Å². The largest absolute Gasteiger partial charge is 0.508 e. The van der Waals surface area contributed by atoms with Gasteiger partial charge in [0.1, 0.15) is 23.7 Å². The molecular formula is C27H33N2O4S+. The number of hydrogen-bond acceptors (Lipinski definition) is 4. The Bertz CT molecular complexity index is 1240. The highest BCUT2D eigenvalue weighted by atomic mass is 32.2. The number of phenols is 1. The summed E-state index contributed by atoms with van der Waals surface area (Å²) in [5.41, 5.74) is 4.55. The number of nitrogens with zero attached hydrogens (tertiary/aromatic N) is 2. The zero-order chi connectivity index (χ0) is 24.9. The quantitative estimate of drug-likeness (QED) is 0.414. The molecule has 34 heavy (non-hydrogen) atoms. The van der Waals surface area contributed by atoms with Gasteiger partial charge in [0.05, 0.1) is 0 Å². The van der Waals surface area contributed by atoms with Gasteiger partial charge in [-0.2, -0.15) is 8.42 Å². The van der Waals surface area contributed by atoms with E-state index in [4.69, 9.17) is 0 Å². The summed E-state index contributed by atoms with van der Waals surface area (Å²) >= 11 is 0. The van der Waals surface area contributed by atoms with Gasteiger partial charge in [-0.1, -0.05) is 12.1 Å². The Balaban J connectivity index is 2.27. The van der Waals surface area contributed by atoms with Gasteiger partial charge in [0.25, 0.3) is 10.1 Å². The van der Waals surface area contributed by atoms with Crippen molar-refractivity contribution in [3.63, 3.8) is 0 Å². The van der Waals surface area contributed by atoms with Crippen LogP contribution in [0.15, 0.2) is 77.2 Å². The number of rotatable bonds is 8. The van der Waals surface area contributed by atoms with E-state index in [2.05, 4.69) is 37.2 Å². The molecule has 0 atom stereocenters. The lowest BCUT2D eigenvalue weighted by molar-refractivity contribution is -0.519. The smallest absolute Gasteiger partial charge is 0.295 e. The Labute approximate surface area is 202 Å². The highest BCUT2D eigenvalue weighted by molar-refractivity contribution is 7.86. The third kappa shape index (κ3) is 5.48. The summed E-state index contributed by atoms with van der Waals surface area (Å²) in [5, 5.41) is 10.2. The average molecular weight is 482 g/mol. The Morgan fingerprint density at radius 3 is 1.97 bits per heavy atom. The van der Waals surface area contributed by atoms with E-state index in [-0.39, 0.29) is 16.2 Å². The second-order valence-corrected chi connectivity index (χ2v) is 9.36. The number of hydrogen-bond donors (Lipinski definition) is 2. The van der Waals surface area contributed by atoms with Gasteiger partial charge >= 0.3 is 0 Å². The molecule has 0 amide bonds. The van der Waals surface area contributed by atoms with Crippen molar-refractivity contribution < 1.29 is 22.7 Å². The van der Waals surface area contributed by atoms with Gasteiger partial charge in [0.15, 0.2) is 5.71 Å². The molecule has 0 heterocycles. The maximum atomic E-state index is 12.2. The molecule has 0 aromatic heterocycles. The normalized spacial score (nSPS) is 13.3.